The highest BCUT2D eigenvalue weighted by molar-refractivity contribution is 6.03. The van der Waals surface area contributed by atoms with E-state index in [1.165, 1.54) is 30.5 Å². The third-order valence-corrected chi connectivity index (χ3v) is 9.80. The van der Waals surface area contributed by atoms with Crippen molar-refractivity contribution in [1.29, 1.82) is 0 Å². The maximum Gasteiger partial charge on any atom is 0.317 e. The highest BCUT2D eigenvalue weighted by Crippen LogP contribution is 2.44. The van der Waals surface area contributed by atoms with Crippen LogP contribution >= 0.6 is 0 Å². The van der Waals surface area contributed by atoms with E-state index in [4.69, 9.17) is 16.1 Å². The molecule has 0 saturated carbocycles. The largest absolute Gasteiger partial charge is 0.508 e. The van der Waals surface area contributed by atoms with Gasteiger partial charge in [-0.15, -0.1) is 6.42 Å². The van der Waals surface area contributed by atoms with Crippen LogP contribution in [0.1, 0.15) is 42.9 Å². The van der Waals surface area contributed by atoms with Crippen molar-refractivity contribution < 1.29 is 23.0 Å². The van der Waals surface area contributed by atoms with Crippen LogP contribution in [-0.2, 0) is 0 Å². The summed E-state index contributed by atoms with van der Waals surface area (Å²) in [6.07, 6.45) is 9.33. The van der Waals surface area contributed by atoms with E-state index < -0.39 is 23.3 Å². The average molecular weight is 622 g/mol. The van der Waals surface area contributed by atoms with Crippen molar-refractivity contribution in [2.75, 3.05) is 31.1 Å². The van der Waals surface area contributed by atoms with Gasteiger partial charge in [0.2, 0.25) is 0 Å². The number of aromatic nitrogens is 3. The van der Waals surface area contributed by atoms with Crippen molar-refractivity contribution in [3.63, 3.8) is 0 Å². The molecule has 5 aromatic rings. The monoisotopic (exact) mass is 621 g/mol. The molecular formula is C36H30F3N5O2. The number of fused-ring (bicyclic) bond motifs is 3. The molecule has 3 atom stereocenters. The maximum absolute atomic E-state index is 16.8. The number of alkyl halides is 1. The first-order valence-electron chi connectivity index (χ1n) is 15.5. The molecule has 10 heteroatoms. The van der Waals surface area contributed by atoms with E-state index in [2.05, 4.69) is 25.7 Å². The molecule has 0 bridgehead atoms. The molecule has 2 aromatic heterocycles. The number of terminal acetylenes is 1. The standard InChI is InChI=1S/C36H30F3N5O2/c1-2-25-28(38)10-9-22-15-24(45)16-26(30(22)25)32-31(39)33-27(34(41-32)44-14-11-29(44)21-7-4-3-5-8-21)18-40-35(42-33)46-20-36-12-6-13-43(36)19-23(37)17-36/h1,3-5,7-10,15-16,18,23,29,45H,6,11-14,17,19-20H2/t23-,29?,36+/m1/s1. The molecule has 3 aromatic carbocycles. The molecule has 0 aliphatic carbocycles. The van der Waals surface area contributed by atoms with E-state index >= 15 is 4.39 Å². The number of phenols is 1. The van der Waals surface area contributed by atoms with Crippen LogP contribution in [0.4, 0.5) is 19.0 Å². The number of halogens is 3. The van der Waals surface area contributed by atoms with E-state index in [-0.39, 0.29) is 52.1 Å². The third-order valence-electron chi connectivity index (χ3n) is 9.80. The van der Waals surface area contributed by atoms with Gasteiger partial charge in [0.05, 0.1) is 22.5 Å². The first-order valence-corrected chi connectivity index (χ1v) is 15.5. The van der Waals surface area contributed by atoms with E-state index in [0.29, 0.717) is 36.1 Å². The Morgan fingerprint density at radius 3 is 2.72 bits per heavy atom. The number of rotatable bonds is 6. The van der Waals surface area contributed by atoms with Crippen LogP contribution in [0, 0.1) is 24.0 Å². The SMILES string of the molecule is C#Cc1c(F)ccc2cc(O)cc(-c3nc(N4CCC4c4ccccc4)c4cnc(OC[C@@]56CCCN5C[C@H](F)C6)nc4c3F)c12. The Balaban J connectivity index is 1.30. The summed E-state index contributed by atoms with van der Waals surface area (Å²) in [6, 6.07) is 15.4. The molecule has 1 unspecified atom stereocenters. The third kappa shape index (κ3) is 4.52. The van der Waals surface area contributed by atoms with E-state index in [0.717, 1.165) is 31.4 Å². The van der Waals surface area contributed by atoms with Gasteiger partial charge in [0.25, 0.3) is 0 Å². The smallest absolute Gasteiger partial charge is 0.317 e. The summed E-state index contributed by atoms with van der Waals surface area (Å²) in [5.41, 5.74) is 0.567. The zero-order valence-corrected chi connectivity index (χ0v) is 24.9. The fraction of sp³-hybridized carbons (Fsp3) is 0.306. The average Bonchev–Trinajstić information content (AvgIpc) is 3.56. The van der Waals surface area contributed by atoms with Crippen LogP contribution in [0.3, 0.4) is 0 Å². The molecular weight excluding hydrogens is 591 g/mol. The molecule has 0 radical (unpaired) electrons. The number of hydrogen-bond donors (Lipinski definition) is 1. The normalized spacial score (nSPS) is 22.6. The van der Waals surface area contributed by atoms with Crippen molar-refractivity contribution >= 4 is 27.5 Å². The van der Waals surface area contributed by atoms with Gasteiger partial charge in [-0.2, -0.15) is 4.98 Å². The first kappa shape index (κ1) is 28.6. The Hall–Kier alpha value is -4.88. The summed E-state index contributed by atoms with van der Waals surface area (Å²) in [7, 11) is 0. The van der Waals surface area contributed by atoms with Gasteiger partial charge in [-0.05, 0) is 55.0 Å². The number of pyridine rings is 1. The summed E-state index contributed by atoms with van der Waals surface area (Å²) in [5, 5.41) is 11.7. The van der Waals surface area contributed by atoms with Gasteiger partial charge in [0.1, 0.15) is 41.4 Å². The fourth-order valence-electron chi connectivity index (χ4n) is 7.55. The predicted molar refractivity (Wildman–Crippen MR) is 169 cm³/mol. The lowest BCUT2D eigenvalue weighted by Crippen LogP contribution is -2.43. The first-order chi connectivity index (χ1) is 22.3. The highest BCUT2D eigenvalue weighted by atomic mass is 19.1. The summed E-state index contributed by atoms with van der Waals surface area (Å²) >= 11 is 0. The van der Waals surface area contributed by atoms with Crippen LogP contribution in [0.25, 0.3) is 32.9 Å². The molecule has 3 fully saturated rings. The second-order valence-corrected chi connectivity index (χ2v) is 12.4. The minimum absolute atomic E-state index is 0.0192. The highest BCUT2D eigenvalue weighted by Gasteiger charge is 2.49. The van der Waals surface area contributed by atoms with Gasteiger partial charge >= 0.3 is 6.01 Å². The quantitative estimate of drug-likeness (QED) is 0.211. The lowest BCUT2D eigenvalue weighted by Gasteiger charge is -2.43. The Morgan fingerprint density at radius 2 is 1.93 bits per heavy atom. The molecule has 7 nitrogen and oxygen atoms in total. The van der Waals surface area contributed by atoms with E-state index in [1.54, 1.807) is 0 Å². The Morgan fingerprint density at radius 1 is 1.09 bits per heavy atom. The van der Waals surface area contributed by atoms with E-state index in [9.17, 15) is 13.9 Å². The zero-order valence-electron chi connectivity index (χ0n) is 24.9. The van der Waals surface area contributed by atoms with E-state index in [1.807, 2.05) is 30.3 Å². The van der Waals surface area contributed by atoms with Crippen LogP contribution in [-0.4, -0.2) is 62.9 Å². The number of anilines is 1. The second-order valence-electron chi connectivity index (χ2n) is 12.4. The zero-order chi connectivity index (χ0) is 31.6. The van der Waals surface area contributed by atoms with Crippen molar-refractivity contribution in [1.82, 2.24) is 19.9 Å². The number of aromatic hydroxyl groups is 1. The van der Waals surface area contributed by atoms with Gasteiger partial charge in [-0.25, -0.2) is 23.1 Å². The second kappa shape index (κ2) is 10.9. The van der Waals surface area contributed by atoms with Crippen LogP contribution in [0.15, 0.2) is 60.8 Å². The van der Waals surface area contributed by atoms with Gasteiger partial charge in [-0.1, -0.05) is 42.3 Å². The molecule has 46 heavy (non-hydrogen) atoms. The lowest BCUT2D eigenvalue weighted by atomic mass is 9.93. The van der Waals surface area contributed by atoms with Gasteiger partial charge in [-0.3, -0.25) is 4.90 Å². The number of hydrogen-bond acceptors (Lipinski definition) is 7. The Bertz CT molecular complexity index is 2050. The van der Waals surface area contributed by atoms with Gasteiger partial charge < -0.3 is 14.7 Å². The number of phenolic OH excluding ortho intramolecular Hbond substituents is 1. The molecule has 3 aliphatic heterocycles. The summed E-state index contributed by atoms with van der Waals surface area (Å²) in [6.45, 7) is 2.03. The number of ether oxygens (including phenoxy) is 1. The molecule has 0 spiro atoms. The minimum atomic E-state index is -0.918. The van der Waals surface area contributed by atoms with Crippen LogP contribution in [0.5, 0.6) is 11.8 Å². The molecule has 3 saturated heterocycles. The van der Waals surface area contributed by atoms with Crippen LogP contribution in [0.2, 0.25) is 0 Å². The number of benzene rings is 3. The summed E-state index contributed by atoms with van der Waals surface area (Å²) in [4.78, 5) is 18.0. The molecule has 232 valence electrons. The lowest BCUT2D eigenvalue weighted by molar-refractivity contribution is 0.107. The predicted octanol–water partition coefficient (Wildman–Crippen LogP) is 6.72. The topological polar surface area (TPSA) is 74.6 Å². The molecule has 5 heterocycles. The van der Waals surface area contributed by atoms with Crippen molar-refractivity contribution in [2.45, 2.75) is 43.4 Å². The fourth-order valence-corrected chi connectivity index (χ4v) is 7.55. The molecule has 0 amide bonds. The molecule has 8 rings (SSSR count). The van der Waals surface area contributed by atoms with Crippen molar-refractivity contribution in [3.05, 3.63) is 83.6 Å². The Kier molecular flexibility index (Phi) is 6.76. The molecule has 3 aliphatic rings. The van der Waals surface area contributed by atoms with Crippen molar-refractivity contribution in [2.24, 2.45) is 0 Å². The van der Waals surface area contributed by atoms with Crippen LogP contribution < -0.4 is 9.64 Å². The summed E-state index contributed by atoms with van der Waals surface area (Å²) < 4.78 is 52.2. The maximum atomic E-state index is 16.8. The van der Waals surface area contributed by atoms with Crippen molar-refractivity contribution in [3.8, 4) is 35.4 Å². The molecule has 1 N–H and O–H groups in total. The van der Waals surface area contributed by atoms with Gasteiger partial charge in [0, 0.05) is 36.7 Å². The summed E-state index contributed by atoms with van der Waals surface area (Å²) in [5.74, 6) is 1.26. The number of nitrogens with zero attached hydrogens (tertiary/aromatic N) is 5. The van der Waals surface area contributed by atoms with Gasteiger partial charge in [0.15, 0.2) is 5.82 Å². The minimum Gasteiger partial charge on any atom is -0.508 e. The Labute approximate surface area is 263 Å².